The number of likely N-dealkylation sites (tertiary alicyclic amines) is 1. The van der Waals surface area contributed by atoms with Gasteiger partial charge in [0.05, 0.1) is 31.4 Å². The molecule has 7 heteroatoms. The Morgan fingerprint density at radius 1 is 0.889 bits per heavy atom. The molecule has 0 bridgehead atoms. The molecule has 1 atom stereocenters. The second kappa shape index (κ2) is 11.0. The summed E-state index contributed by atoms with van der Waals surface area (Å²) in [6.45, 7) is 2.64. The predicted octanol–water partition coefficient (Wildman–Crippen LogP) is 5.11. The molecule has 7 nitrogen and oxygen atoms in total. The largest absolute Gasteiger partial charge is 0.507 e. The average Bonchev–Trinajstić information content (AvgIpc) is 3.17. The fourth-order valence-corrected chi connectivity index (χ4v) is 4.39. The number of hydrogen-bond acceptors (Lipinski definition) is 6. The van der Waals surface area contributed by atoms with E-state index in [-0.39, 0.29) is 11.3 Å². The number of ketones is 1. The van der Waals surface area contributed by atoms with Gasteiger partial charge in [0.15, 0.2) is 11.5 Å². The Labute approximate surface area is 210 Å². The SMILES string of the molecule is CCCN1C(=O)C(=O)/C(=C(\O)c2ccccc2OC)C1c1ccc(OCc2ccccc2)c(OC)c1. The summed E-state index contributed by atoms with van der Waals surface area (Å²) in [5, 5.41) is 11.3. The number of ether oxygens (including phenoxy) is 3. The first-order chi connectivity index (χ1) is 17.5. The lowest BCUT2D eigenvalue weighted by atomic mass is 9.94. The maximum Gasteiger partial charge on any atom is 0.295 e. The first-order valence-electron chi connectivity index (χ1n) is 11.8. The molecule has 0 saturated carbocycles. The quantitative estimate of drug-likeness (QED) is 0.256. The van der Waals surface area contributed by atoms with Crippen molar-refractivity contribution < 1.29 is 28.9 Å². The molecule has 4 rings (SSSR count). The van der Waals surface area contributed by atoms with E-state index < -0.39 is 17.7 Å². The summed E-state index contributed by atoms with van der Waals surface area (Å²) in [5.41, 5.74) is 1.99. The zero-order valence-corrected chi connectivity index (χ0v) is 20.6. The molecule has 0 spiro atoms. The van der Waals surface area contributed by atoms with Crippen molar-refractivity contribution in [2.24, 2.45) is 0 Å². The van der Waals surface area contributed by atoms with Crippen molar-refractivity contribution in [1.82, 2.24) is 4.90 Å². The van der Waals surface area contributed by atoms with E-state index in [1.165, 1.54) is 19.1 Å². The van der Waals surface area contributed by atoms with Gasteiger partial charge in [-0.25, -0.2) is 0 Å². The lowest BCUT2D eigenvalue weighted by Crippen LogP contribution is -2.30. The Balaban J connectivity index is 1.77. The fourth-order valence-electron chi connectivity index (χ4n) is 4.39. The number of rotatable bonds is 9. The van der Waals surface area contributed by atoms with E-state index >= 15 is 0 Å². The zero-order valence-electron chi connectivity index (χ0n) is 20.6. The summed E-state index contributed by atoms with van der Waals surface area (Å²) in [7, 11) is 3.02. The van der Waals surface area contributed by atoms with E-state index in [0.29, 0.717) is 47.9 Å². The molecule has 3 aromatic rings. The Bertz CT molecular complexity index is 1280. The number of hydrogen-bond donors (Lipinski definition) is 1. The molecule has 1 fully saturated rings. The minimum Gasteiger partial charge on any atom is -0.507 e. The zero-order chi connectivity index (χ0) is 25.7. The van der Waals surface area contributed by atoms with Crippen molar-refractivity contribution in [3.05, 3.63) is 95.1 Å². The second-order valence-electron chi connectivity index (χ2n) is 8.38. The highest BCUT2D eigenvalue weighted by Gasteiger charge is 2.46. The van der Waals surface area contributed by atoms with E-state index in [1.54, 1.807) is 42.5 Å². The molecule has 3 aromatic carbocycles. The molecule has 0 aliphatic carbocycles. The number of carbonyl (C=O) groups is 2. The van der Waals surface area contributed by atoms with Gasteiger partial charge < -0.3 is 24.2 Å². The summed E-state index contributed by atoms with van der Waals surface area (Å²) >= 11 is 0. The average molecular weight is 488 g/mol. The summed E-state index contributed by atoms with van der Waals surface area (Å²) in [4.78, 5) is 27.7. The minimum atomic E-state index is -0.785. The van der Waals surface area contributed by atoms with Crippen LogP contribution in [0.3, 0.4) is 0 Å². The van der Waals surface area contributed by atoms with Gasteiger partial charge in [-0.2, -0.15) is 0 Å². The van der Waals surface area contributed by atoms with Crippen molar-refractivity contribution in [3.8, 4) is 17.2 Å². The summed E-state index contributed by atoms with van der Waals surface area (Å²) < 4.78 is 16.9. The number of methoxy groups -OCH3 is 2. The number of aliphatic hydroxyl groups is 1. The van der Waals surface area contributed by atoms with Crippen LogP contribution in [0, 0.1) is 0 Å². The number of para-hydroxylation sites is 1. The van der Waals surface area contributed by atoms with Gasteiger partial charge in [0.1, 0.15) is 18.1 Å². The third-order valence-electron chi connectivity index (χ3n) is 6.11. The number of nitrogens with zero attached hydrogens (tertiary/aromatic N) is 1. The first-order valence-corrected chi connectivity index (χ1v) is 11.8. The predicted molar refractivity (Wildman–Crippen MR) is 136 cm³/mol. The molecule has 1 heterocycles. The van der Waals surface area contributed by atoms with Crippen molar-refractivity contribution in [2.45, 2.75) is 26.0 Å². The van der Waals surface area contributed by atoms with Crippen LogP contribution in [0.4, 0.5) is 0 Å². The van der Waals surface area contributed by atoms with E-state index in [2.05, 4.69) is 0 Å². The van der Waals surface area contributed by atoms with Crippen LogP contribution in [0.25, 0.3) is 5.76 Å². The van der Waals surface area contributed by atoms with Crippen LogP contribution in [0.15, 0.2) is 78.4 Å². The van der Waals surface area contributed by atoms with E-state index in [1.807, 2.05) is 37.3 Å². The first kappa shape index (κ1) is 24.9. The van der Waals surface area contributed by atoms with Crippen LogP contribution >= 0.6 is 0 Å². The number of Topliss-reactive ketones (excluding diaryl/α,β-unsaturated/α-hetero) is 1. The van der Waals surface area contributed by atoms with Gasteiger partial charge in [-0.1, -0.05) is 55.5 Å². The molecule has 36 heavy (non-hydrogen) atoms. The topological polar surface area (TPSA) is 85.3 Å². The minimum absolute atomic E-state index is 0.0120. The third kappa shape index (κ3) is 4.77. The molecule has 1 unspecified atom stereocenters. The second-order valence-corrected chi connectivity index (χ2v) is 8.38. The fraction of sp³-hybridized carbons (Fsp3) is 0.241. The maximum absolute atomic E-state index is 13.2. The number of benzene rings is 3. The van der Waals surface area contributed by atoms with Crippen LogP contribution in [-0.2, 0) is 16.2 Å². The Morgan fingerprint density at radius 2 is 1.58 bits per heavy atom. The normalized spacial score (nSPS) is 16.8. The molecule has 186 valence electrons. The van der Waals surface area contributed by atoms with Gasteiger partial charge in [0.25, 0.3) is 11.7 Å². The van der Waals surface area contributed by atoms with E-state index in [4.69, 9.17) is 14.2 Å². The molecule has 1 aliphatic rings. The molecule has 1 aliphatic heterocycles. The standard InChI is InChI=1S/C29H29NO6/c1-4-16-30-26(25(28(32)29(30)33)27(31)21-12-8-9-13-22(21)34-2)20-14-15-23(24(17-20)35-3)36-18-19-10-6-5-7-11-19/h5-15,17,26,31H,4,16,18H2,1-3H3/b27-25-. The van der Waals surface area contributed by atoms with Crippen molar-refractivity contribution in [3.63, 3.8) is 0 Å². The molecule has 0 radical (unpaired) electrons. The number of aliphatic hydroxyl groups excluding tert-OH is 1. The molecule has 1 saturated heterocycles. The van der Waals surface area contributed by atoms with Gasteiger partial charge in [0, 0.05) is 6.54 Å². The van der Waals surface area contributed by atoms with Gasteiger partial charge in [-0.15, -0.1) is 0 Å². The van der Waals surface area contributed by atoms with Crippen LogP contribution < -0.4 is 14.2 Å². The highest BCUT2D eigenvalue weighted by molar-refractivity contribution is 6.46. The van der Waals surface area contributed by atoms with Gasteiger partial charge in [0.2, 0.25) is 0 Å². The van der Waals surface area contributed by atoms with Crippen LogP contribution in [0.5, 0.6) is 17.2 Å². The highest BCUT2D eigenvalue weighted by atomic mass is 16.5. The van der Waals surface area contributed by atoms with Crippen LogP contribution in [0.1, 0.15) is 36.1 Å². The van der Waals surface area contributed by atoms with E-state index in [9.17, 15) is 14.7 Å². The van der Waals surface area contributed by atoms with Crippen molar-refractivity contribution in [2.75, 3.05) is 20.8 Å². The molecule has 1 N–H and O–H groups in total. The molecule has 1 amide bonds. The monoisotopic (exact) mass is 487 g/mol. The Morgan fingerprint density at radius 3 is 2.28 bits per heavy atom. The van der Waals surface area contributed by atoms with Crippen molar-refractivity contribution in [1.29, 1.82) is 0 Å². The van der Waals surface area contributed by atoms with Gasteiger partial charge >= 0.3 is 0 Å². The molecular weight excluding hydrogens is 458 g/mol. The van der Waals surface area contributed by atoms with Crippen molar-refractivity contribution >= 4 is 17.4 Å². The molecular formula is C29H29NO6. The number of amides is 1. The summed E-state index contributed by atoms with van der Waals surface area (Å²) in [5.74, 6) is -0.276. The molecule has 0 aromatic heterocycles. The third-order valence-corrected chi connectivity index (χ3v) is 6.11. The Kier molecular flexibility index (Phi) is 7.59. The van der Waals surface area contributed by atoms with Gasteiger partial charge in [-0.3, -0.25) is 9.59 Å². The maximum atomic E-state index is 13.2. The Hall–Kier alpha value is -4.26. The highest BCUT2D eigenvalue weighted by Crippen LogP contribution is 2.43. The lowest BCUT2D eigenvalue weighted by molar-refractivity contribution is -0.139. The summed E-state index contributed by atoms with van der Waals surface area (Å²) in [6.07, 6.45) is 0.646. The summed E-state index contributed by atoms with van der Waals surface area (Å²) in [6, 6.07) is 21.1. The van der Waals surface area contributed by atoms with E-state index in [0.717, 1.165) is 5.56 Å². The number of carbonyl (C=O) groups excluding carboxylic acids is 2. The smallest absolute Gasteiger partial charge is 0.295 e. The van der Waals surface area contributed by atoms with Crippen LogP contribution in [0.2, 0.25) is 0 Å². The lowest BCUT2D eigenvalue weighted by Gasteiger charge is -2.25. The van der Waals surface area contributed by atoms with Gasteiger partial charge in [-0.05, 0) is 41.8 Å². The van der Waals surface area contributed by atoms with Crippen LogP contribution in [-0.4, -0.2) is 42.5 Å².